The highest BCUT2D eigenvalue weighted by atomic mass is 35.5. The van der Waals surface area contributed by atoms with Gasteiger partial charge in [0.25, 0.3) is 5.91 Å². The van der Waals surface area contributed by atoms with Crippen LogP contribution in [0.1, 0.15) is 28.1 Å². The second kappa shape index (κ2) is 9.80. The molecule has 0 unspecified atom stereocenters. The van der Waals surface area contributed by atoms with Crippen LogP contribution in [0.3, 0.4) is 0 Å². The van der Waals surface area contributed by atoms with Crippen LogP contribution >= 0.6 is 11.6 Å². The minimum Gasteiger partial charge on any atom is -0.318 e. The first-order chi connectivity index (χ1) is 15.5. The largest absolute Gasteiger partial charge is 0.318 e. The fourth-order valence-corrected chi connectivity index (χ4v) is 4.77. The van der Waals surface area contributed by atoms with Gasteiger partial charge in [-0.25, -0.2) is 13.8 Å². The number of nitrogens with zero attached hydrogens (tertiary/aromatic N) is 3. The Balaban J connectivity index is 1.75. The number of sulfonamides is 1. The van der Waals surface area contributed by atoms with Crippen molar-refractivity contribution in [2.24, 2.45) is 5.10 Å². The molecule has 0 aliphatic carbocycles. The topological polar surface area (TPSA) is 83.8 Å². The maximum atomic E-state index is 12.5. The Kier molecular flexibility index (Phi) is 7.29. The number of benzene rings is 2. The number of amides is 1. The molecule has 2 aromatic carbocycles. The van der Waals surface area contributed by atoms with Crippen molar-refractivity contribution in [2.75, 3.05) is 17.1 Å². The maximum Gasteiger partial charge on any atom is 0.260 e. The highest BCUT2D eigenvalue weighted by molar-refractivity contribution is 7.92. The van der Waals surface area contributed by atoms with E-state index >= 15 is 0 Å². The summed E-state index contributed by atoms with van der Waals surface area (Å²) in [5, 5.41) is 4.54. The zero-order valence-corrected chi connectivity index (χ0v) is 20.8. The molecule has 0 atom stereocenters. The number of nitrogens with one attached hydrogen (secondary N) is 1. The van der Waals surface area contributed by atoms with Gasteiger partial charge in [-0.15, -0.1) is 0 Å². The Morgan fingerprint density at radius 1 is 1.09 bits per heavy atom. The van der Waals surface area contributed by atoms with Crippen molar-refractivity contribution in [2.45, 2.75) is 27.7 Å². The van der Waals surface area contributed by atoms with E-state index in [-0.39, 0.29) is 0 Å². The van der Waals surface area contributed by atoms with Gasteiger partial charge in [-0.3, -0.25) is 9.10 Å². The van der Waals surface area contributed by atoms with Crippen molar-refractivity contribution < 1.29 is 13.2 Å². The van der Waals surface area contributed by atoms with Gasteiger partial charge in [0.05, 0.1) is 18.2 Å². The summed E-state index contributed by atoms with van der Waals surface area (Å²) < 4.78 is 27.8. The van der Waals surface area contributed by atoms with Gasteiger partial charge in [-0.2, -0.15) is 5.10 Å². The zero-order chi connectivity index (χ0) is 24.3. The van der Waals surface area contributed by atoms with Crippen LogP contribution in [0, 0.1) is 27.7 Å². The number of aromatic nitrogens is 1. The van der Waals surface area contributed by atoms with E-state index in [1.54, 1.807) is 31.3 Å². The van der Waals surface area contributed by atoms with Crippen molar-refractivity contribution in [1.29, 1.82) is 0 Å². The zero-order valence-electron chi connectivity index (χ0n) is 19.3. The molecule has 0 spiro atoms. The molecule has 1 N–H and O–H groups in total. The van der Waals surface area contributed by atoms with E-state index in [1.807, 2.05) is 26.8 Å². The SMILES string of the molecule is Cc1ccc(-n2c(C)cc(/C=N\NC(=O)CN(c3ccc(Cl)cc3C)S(C)(=O)=O)c2C)cc1. The molecular formula is C24H27ClN4O3S. The van der Waals surface area contributed by atoms with Crippen LogP contribution in [0.15, 0.2) is 53.6 Å². The summed E-state index contributed by atoms with van der Waals surface area (Å²) in [7, 11) is -3.69. The average Bonchev–Trinajstić information content (AvgIpc) is 3.00. The number of halogens is 1. The quantitative estimate of drug-likeness (QED) is 0.399. The van der Waals surface area contributed by atoms with Crippen LogP contribution in [-0.4, -0.2) is 37.9 Å². The van der Waals surface area contributed by atoms with Crippen molar-refractivity contribution in [1.82, 2.24) is 9.99 Å². The third-order valence-electron chi connectivity index (χ3n) is 5.27. The van der Waals surface area contributed by atoms with Crippen molar-refractivity contribution in [3.8, 4) is 5.69 Å². The third-order valence-corrected chi connectivity index (χ3v) is 6.63. The van der Waals surface area contributed by atoms with Gasteiger partial charge in [0.1, 0.15) is 6.54 Å². The standard InChI is InChI=1S/C24H27ClN4O3S/c1-16-6-9-22(10-7-16)29-18(3)13-20(19(29)4)14-26-27-24(30)15-28(33(5,31)32)23-11-8-21(25)12-17(23)2/h6-14H,15H2,1-5H3,(H,27,30)/b26-14-. The molecule has 174 valence electrons. The highest BCUT2D eigenvalue weighted by Crippen LogP contribution is 2.25. The lowest BCUT2D eigenvalue weighted by atomic mass is 10.2. The summed E-state index contributed by atoms with van der Waals surface area (Å²) in [4.78, 5) is 12.5. The molecule has 7 nitrogen and oxygen atoms in total. The number of hydrogen-bond donors (Lipinski definition) is 1. The van der Waals surface area contributed by atoms with Gasteiger partial charge >= 0.3 is 0 Å². The molecule has 1 aromatic heterocycles. The van der Waals surface area contributed by atoms with Crippen LogP contribution < -0.4 is 9.73 Å². The van der Waals surface area contributed by atoms with E-state index in [4.69, 9.17) is 11.6 Å². The lowest BCUT2D eigenvalue weighted by molar-refractivity contribution is -0.119. The monoisotopic (exact) mass is 486 g/mol. The fraction of sp³-hybridized carbons (Fsp3) is 0.250. The molecule has 0 aliphatic rings. The Labute approximate surface area is 199 Å². The molecule has 1 amide bonds. The Morgan fingerprint density at radius 2 is 1.76 bits per heavy atom. The average molecular weight is 487 g/mol. The van der Waals surface area contributed by atoms with Crippen LogP contribution in [-0.2, 0) is 14.8 Å². The predicted octanol–water partition coefficient (Wildman–Crippen LogP) is 4.28. The lowest BCUT2D eigenvalue weighted by Gasteiger charge is -2.23. The number of hydrazone groups is 1. The minimum absolute atomic E-state index is 0.391. The molecule has 3 rings (SSSR count). The van der Waals surface area contributed by atoms with E-state index < -0.39 is 22.5 Å². The summed E-state index contributed by atoms with van der Waals surface area (Å²) in [6.45, 7) is 7.35. The van der Waals surface area contributed by atoms with Crippen LogP contribution in [0.25, 0.3) is 5.69 Å². The van der Waals surface area contributed by atoms with E-state index in [2.05, 4.69) is 39.4 Å². The van der Waals surface area contributed by atoms with Crippen molar-refractivity contribution in [3.63, 3.8) is 0 Å². The van der Waals surface area contributed by atoms with Gasteiger partial charge in [0.15, 0.2) is 0 Å². The van der Waals surface area contributed by atoms with Gasteiger partial charge in [-0.05, 0) is 69.7 Å². The van der Waals surface area contributed by atoms with E-state index in [9.17, 15) is 13.2 Å². The van der Waals surface area contributed by atoms with E-state index in [1.165, 1.54) is 5.56 Å². The number of carbonyl (C=O) groups excluding carboxylic acids is 1. The molecule has 0 radical (unpaired) electrons. The smallest absolute Gasteiger partial charge is 0.260 e. The molecule has 0 aliphatic heterocycles. The number of rotatable bonds is 7. The number of hydrogen-bond acceptors (Lipinski definition) is 4. The summed E-state index contributed by atoms with van der Waals surface area (Å²) in [5.74, 6) is -0.557. The first-order valence-corrected chi connectivity index (χ1v) is 12.5. The normalized spacial score (nSPS) is 11.7. The Hall–Kier alpha value is -3.10. The second-order valence-electron chi connectivity index (χ2n) is 7.99. The molecule has 9 heteroatoms. The summed E-state index contributed by atoms with van der Waals surface area (Å²) in [6, 6.07) is 15.0. The first kappa shape index (κ1) is 24.5. The molecule has 1 heterocycles. The third kappa shape index (κ3) is 5.83. The lowest BCUT2D eigenvalue weighted by Crippen LogP contribution is -2.39. The van der Waals surface area contributed by atoms with Gasteiger partial charge in [0.2, 0.25) is 10.0 Å². The summed E-state index contributed by atoms with van der Waals surface area (Å²) in [6.07, 6.45) is 2.61. The number of anilines is 1. The van der Waals surface area contributed by atoms with Crippen molar-refractivity contribution in [3.05, 3.63) is 81.6 Å². The first-order valence-electron chi connectivity index (χ1n) is 10.3. The summed E-state index contributed by atoms with van der Waals surface area (Å²) in [5.41, 5.74) is 8.55. The molecule has 0 bridgehead atoms. The van der Waals surface area contributed by atoms with E-state index in [0.717, 1.165) is 33.2 Å². The van der Waals surface area contributed by atoms with Crippen LogP contribution in [0.4, 0.5) is 5.69 Å². The highest BCUT2D eigenvalue weighted by Gasteiger charge is 2.22. The Bertz CT molecular complexity index is 1310. The molecule has 0 saturated carbocycles. The second-order valence-corrected chi connectivity index (χ2v) is 10.3. The predicted molar refractivity (Wildman–Crippen MR) is 134 cm³/mol. The van der Waals surface area contributed by atoms with E-state index in [0.29, 0.717) is 16.3 Å². The molecule has 3 aromatic rings. The van der Waals surface area contributed by atoms with Gasteiger partial charge < -0.3 is 4.57 Å². The molecular weight excluding hydrogens is 460 g/mol. The van der Waals surface area contributed by atoms with Gasteiger partial charge in [0, 0.05) is 27.7 Å². The number of carbonyl (C=O) groups is 1. The maximum absolute atomic E-state index is 12.5. The number of aryl methyl sites for hydroxylation is 3. The molecule has 33 heavy (non-hydrogen) atoms. The van der Waals surface area contributed by atoms with Crippen LogP contribution in [0.5, 0.6) is 0 Å². The molecule has 0 saturated heterocycles. The van der Waals surface area contributed by atoms with Crippen LogP contribution in [0.2, 0.25) is 5.02 Å². The fourth-order valence-electron chi connectivity index (χ4n) is 3.63. The molecule has 0 fully saturated rings. The summed E-state index contributed by atoms with van der Waals surface area (Å²) >= 11 is 5.97. The minimum atomic E-state index is -3.69. The van der Waals surface area contributed by atoms with Crippen molar-refractivity contribution >= 4 is 39.4 Å². The Morgan fingerprint density at radius 3 is 2.36 bits per heavy atom. The van der Waals surface area contributed by atoms with Gasteiger partial charge in [-0.1, -0.05) is 29.3 Å².